The predicted molar refractivity (Wildman–Crippen MR) is 94.8 cm³/mol. The molecule has 0 radical (unpaired) electrons. The molecular formula is C16H18N2O3S2. The molecule has 0 saturated heterocycles. The van der Waals surface area contributed by atoms with Crippen molar-refractivity contribution < 1.29 is 13.2 Å². The van der Waals surface area contributed by atoms with Crippen molar-refractivity contribution in [2.24, 2.45) is 0 Å². The van der Waals surface area contributed by atoms with Crippen LogP contribution in [0.5, 0.6) is 5.75 Å². The number of anilines is 1. The van der Waals surface area contributed by atoms with Gasteiger partial charge in [0.05, 0.1) is 22.6 Å². The van der Waals surface area contributed by atoms with Gasteiger partial charge in [-0.15, -0.1) is 0 Å². The number of methoxy groups -OCH3 is 1. The number of thiocarbonyl (C=S) groups is 1. The van der Waals surface area contributed by atoms with E-state index in [-0.39, 0.29) is 9.79 Å². The average molecular weight is 350 g/mol. The van der Waals surface area contributed by atoms with E-state index in [1.54, 1.807) is 36.4 Å². The number of hydrogen-bond donors (Lipinski definition) is 2. The summed E-state index contributed by atoms with van der Waals surface area (Å²) in [5.74, 6) is 0.511. The summed E-state index contributed by atoms with van der Waals surface area (Å²) in [4.78, 5) is 0.414. The van der Waals surface area contributed by atoms with Crippen LogP contribution < -0.4 is 15.4 Å². The molecule has 2 rings (SSSR count). The minimum absolute atomic E-state index is 0.172. The molecule has 0 unspecified atom stereocenters. The van der Waals surface area contributed by atoms with Crippen LogP contribution in [-0.4, -0.2) is 27.2 Å². The summed E-state index contributed by atoms with van der Waals surface area (Å²) in [5, 5.41) is 6.31. The molecule has 122 valence electrons. The van der Waals surface area contributed by atoms with E-state index in [1.165, 1.54) is 19.2 Å². The molecule has 0 heterocycles. The van der Waals surface area contributed by atoms with Crippen LogP contribution in [0.15, 0.2) is 58.3 Å². The predicted octanol–water partition coefficient (Wildman–Crippen LogP) is 2.83. The molecule has 0 atom stereocenters. The van der Waals surface area contributed by atoms with Crippen LogP contribution in [-0.2, 0) is 9.84 Å². The Kier molecular flexibility index (Phi) is 5.57. The van der Waals surface area contributed by atoms with E-state index in [9.17, 15) is 8.42 Å². The van der Waals surface area contributed by atoms with Crippen LogP contribution >= 0.6 is 12.2 Å². The highest BCUT2D eigenvalue weighted by Gasteiger charge is 2.19. The lowest BCUT2D eigenvalue weighted by molar-refractivity contribution is 0.416. The second-order valence-corrected chi connectivity index (χ2v) is 7.02. The van der Waals surface area contributed by atoms with Crippen LogP contribution in [0.3, 0.4) is 0 Å². The van der Waals surface area contributed by atoms with Crippen molar-refractivity contribution in [2.45, 2.75) is 16.7 Å². The average Bonchev–Trinajstić information content (AvgIpc) is 2.55. The molecule has 0 aromatic heterocycles. The lowest BCUT2D eigenvalue weighted by Gasteiger charge is -2.14. The molecule has 0 spiro atoms. The Bertz CT molecular complexity index is 790. The van der Waals surface area contributed by atoms with Crippen LogP contribution in [0, 0.1) is 0 Å². The van der Waals surface area contributed by atoms with Crippen molar-refractivity contribution in [2.75, 3.05) is 19.0 Å². The van der Waals surface area contributed by atoms with E-state index in [4.69, 9.17) is 17.0 Å². The fourth-order valence-corrected chi connectivity index (χ4v) is 3.58. The maximum atomic E-state index is 12.7. The number of sulfone groups is 1. The highest BCUT2D eigenvalue weighted by Crippen LogP contribution is 2.30. The van der Waals surface area contributed by atoms with Gasteiger partial charge in [0.25, 0.3) is 0 Å². The Morgan fingerprint density at radius 2 is 1.83 bits per heavy atom. The van der Waals surface area contributed by atoms with Crippen molar-refractivity contribution in [3.8, 4) is 5.75 Å². The van der Waals surface area contributed by atoms with Crippen LogP contribution in [0.2, 0.25) is 0 Å². The number of benzene rings is 2. The maximum Gasteiger partial charge on any atom is 0.206 e. The van der Waals surface area contributed by atoms with Gasteiger partial charge in [-0.2, -0.15) is 0 Å². The summed E-state index contributed by atoms with van der Waals surface area (Å²) < 4.78 is 30.6. The zero-order chi connectivity index (χ0) is 16.9. The standard InChI is InChI=1S/C16H18N2O3S2/c1-3-17-16(22)18-14-11-13(9-10-15(14)21-2)23(19,20)12-7-5-4-6-8-12/h4-11H,3H2,1-2H3,(H2,17,18,22). The fourth-order valence-electron chi connectivity index (χ4n) is 2.01. The molecule has 0 saturated carbocycles. The third kappa shape index (κ3) is 4.00. The number of hydrogen-bond acceptors (Lipinski definition) is 4. The first-order chi connectivity index (χ1) is 11.0. The normalized spacial score (nSPS) is 10.9. The fraction of sp³-hybridized carbons (Fsp3) is 0.188. The molecule has 0 aliphatic heterocycles. The van der Waals surface area contributed by atoms with E-state index in [1.807, 2.05) is 6.92 Å². The van der Waals surface area contributed by atoms with Gasteiger partial charge < -0.3 is 15.4 Å². The van der Waals surface area contributed by atoms with Crippen molar-refractivity contribution >= 4 is 32.9 Å². The van der Waals surface area contributed by atoms with Crippen molar-refractivity contribution in [3.63, 3.8) is 0 Å². The minimum atomic E-state index is -3.59. The zero-order valence-corrected chi connectivity index (χ0v) is 14.5. The molecule has 0 bridgehead atoms. The zero-order valence-electron chi connectivity index (χ0n) is 12.9. The van der Waals surface area contributed by atoms with Gasteiger partial charge in [0.1, 0.15) is 5.75 Å². The molecule has 23 heavy (non-hydrogen) atoms. The van der Waals surface area contributed by atoms with Gasteiger partial charge in [-0.25, -0.2) is 8.42 Å². The molecule has 0 fully saturated rings. The SMILES string of the molecule is CCNC(=S)Nc1cc(S(=O)(=O)c2ccccc2)ccc1OC. The third-order valence-electron chi connectivity index (χ3n) is 3.12. The smallest absolute Gasteiger partial charge is 0.206 e. The first-order valence-corrected chi connectivity index (χ1v) is 8.91. The molecule has 7 heteroatoms. The highest BCUT2D eigenvalue weighted by molar-refractivity contribution is 7.91. The first kappa shape index (κ1) is 17.2. The third-order valence-corrected chi connectivity index (χ3v) is 5.13. The van der Waals surface area contributed by atoms with Crippen LogP contribution in [0.25, 0.3) is 0 Å². The second kappa shape index (κ2) is 7.43. The number of nitrogens with one attached hydrogen (secondary N) is 2. The molecule has 2 aromatic rings. The second-order valence-electron chi connectivity index (χ2n) is 4.66. The lowest BCUT2D eigenvalue weighted by Crippen LogP contribution is -2.28. The number of ether oxygens (including phenoxy) is 1. The van der Waals surface area contributed by atoms with Gasteiger partial charge in [0, 0.05) is 6.54 Å². The first-order valence-electron chi connectivity index (χ1n) is 7.02. The Balaban J connectivity index is 2.43. The maximum absolute atomic E-state index is 12.7. The van der Waals surface area contributed by atoms with Crippen molar-refractivity contribution in [1.29, 1.82) is 0 Å². The quantitative estimate of drug-likeness (QED) is 0.809. The molecule has 2 N–H and O–H groups in total. The molecule has 0 aliphatic rings. The van der Waals surface area contributed by atoms with E-state index in [0.717, 1.165) is 0 Å². The molecule has 0 aliphatic carbocycles. The van der Waals surface area contributed by atoms with E-state index < -0.39 is 9.84 Å². The lowest BCUT2D eigenvalue weighted by atomic mass is 10.3. The van der Waals surface area contributed by atoms with Gasteiger partial charge in [-0.05, 0) is 49.5 Å². The highest BCUT2D eigenvalue weighted by atomic mass is 32.2. The van der Waals surface area contributed by atoms with Crippen molar-refractivity contribution in [1.82, 2.24) is 5.32 Å². The van der Waals surface area contributed by atoms with Gasteiger partial charge in [-0.3, -0.25) is 0 Å². The largest absolute Gasteiger partial charge is 0.495 e. The Hall–Kier alpha value is -2.12. The Labute approximate surface area is 141 Å². The number of rotatable bonds is 5. The van der Waals surface area contributed by atoms with Crippen molar-refractivity contribution in [3.05, 3.63) is 48.5 Å². The van der Waals surface area contributed by atoms with E-state index in [0.29, 0.717) is 23.1 Å². The summed E-state index contributed by atoms with van der Waals surface area (Å²) >= 11 is 5.15. The summed E-state index contributed by atoms with van der Waals surface area (Å²) in [5.41, 5.74) is 0.496. The summed E-state index contributed by atoms with van der Waals surface area (Å²) in [7, 11) is -2.08. The van der Waals surface area contributed by atoms with Crippen LogP contribution in [0.4, 0.5) is 5.69 Å². The van der Waals surface area contributed by atoms with Crippen LogP contribution in [0.1, 0.15) is 6.92 Å². The Morgan fingerprint density at radius 1 is 1.13 bits per heavy atom. The summed E-state index contributed by atoms with van der Waals surface area (Å²) in [6.07, 6.45) is 0. The Morgan fingerprint density at radius 3 is 2.43 bits per heavy atom. The van der Waals surface area contributed by atoms with Gasteiger partial charge in [0.2, 0.25) is 9.84 Å². The molecule has 5 nitrogen and oxygen atoms in total. The van der Waals surface area contributed by atoms with E-state index >= 15 is 0 Å². The summed E-state index contributed by atoms with van der Waals surface area (Å²) in [6, 6.07) is 12.9. The van der Waals surface area contributed by atoms with Gasteiger partial charge in [-0.1, -0.05) is 18.2 Å². The molecule has 0 amide bonds. The molecule has 2 aromatic carbocycles. The minimum Gasteiger partial charge on any atom is -0.495 e. The van der Waals surface area contributed by atoms with E-state index in [2.05, 4.69) is 10.6 Å². The topological polar surface area (TPSA) is 67.4 Å². The molecular weight excluding hydrogens is 332 g/mol. The van der Waals surface area contributed by atoms with Gasteiger partial charge in [0.15, 0.2) is 5.11 Å². The summed E-state index contributed by atoms with van der Waals surface area (Å²) in [6.45, 7) is 2.58. The monoisotopic (exact) mass is 350 g/mol. The van der Waals surface area contributed by atoms with Gasteiger partial charge >= 0.3 is 0 Å².